The van der Waals surface area contributed by atoms with E-state index in [2.05, 4.69) is 10.2 Å². The highest BCUT2D eigenvalue weighted by Gasteiger charge is 2.26. The molecule has 1 aliphatic heterocycles. The van der Waals surface area contributed by atoms with E-state index < -0.39 is 6.04 Å². The van der Waals surface area contributed by atoms with E-state index in [0.29, 0.717) is 39.1 Å². The Morgan fingerprint density at radius 2 is 1.75 bits per heavy atom. The van der Waals surface area contributed by atoms with Crippen LogP contribution in [0.5, 0.6) is 0 Å². The average Bonchev–Trinajstić information content (AvgIpc) is 2.55. The van der Waals surface area contributed by atoms with Crippen LogP contribution in [0.2, 0.25) is 0 Å². The third kappa shape index (κ3) is 5.62. The lowest BCUT2D eigenvalue weighted by Crippen LogP contribution is -2.55. The summed E-state index contributed by atoms with van der Waals surface area (Å²) in [5, 5.41) is 2.89. The molecule has 1 aromatic carbocycles. The van der Waals surface area contributed by atoms with Crippen molar-refractivity contribution in [1.29, 1.82) is 0 Å². The topological polar surface area (TPSA) is 78.7 Å². The number of rotatable bonds is 6. The Balaban J connectivity index is 1.77. The van der Waals surface area contributed by atoms with E-state index >= 15 is 0 Å². The summed E-state index contributed by atoms with van der Waals surface area (Å²) in [6, 6.07) is 9.46. The maximum atomic E-state index is 12.5. The Hall–Kier alpha value is -1.92. The summed E-state index contributed by atoms with van der Waals surface area (Å²) in [5.41, 5.74) is 7.15. The molecule has 6 heteroatoms. The van der Waals surface area contributed by atoms with Crippen LogP contribution in [0.15, 0.2) is 30.3 Å². The van der Waals surface area contributed by atoms with Crippen molar-refractivity contribution in [2.75, 3.05) is 32.7 Å². The number of carbonyl (C=O) groups excluding carboxylic acids is 2. The van der Waals surface area contributed by atoms with Crippen molar-refractivity contribution >= 4 is 11.8 Å². The van der Waals surface area contributed by atoms with Gasteiger partial charge in [0.2, 0.25) is 11.8 Å². The Kier molecular flexibility index (Phi) is 6.75. The number of amides is 2. The van der Waals surface area contributed by atoms with Gasteiger partial charge in [-0.05, 0) is 25.8 Å². The van der Waals surface area contributed by atoms with Crippen LogP contribution in [0.3, 0.4) is 0 Å². The fraction of sp³-hybridized carbons (Fsp3) is 0.556. The lowest BCUT2D eigenvalue weighted by molar-refractivity contribution is -0.134. The average molecular weight is 332 g/mol. The van der Waals surface area contributed by atoms with E-state index in [0.717, 1.165) is 5.56 Å². The van der Waals surface area contributed by atoms with Crippen molar-refractivity contribution in [1.82, 2.24) is 15.1 Å². The highest BCUT2D eigenvalue weighted by Crippen LogP contribution is 2.07. The van der Waals surface area contributed by atoms with Crippen molar-refractivity contribution in [2.45, 2.75) is 32.4 Å². The molecule has 1 aliphatic rings. The number of hydrogen-bond acceptors (Lipinski definition) is 4. The van der Waals surface area contributed by atoms with Gasteiger partial charge in [0.05, 0.1) is 12.6 Å². The van der Waals surface area contributed by atoms with Crippen molar-refractivity contribution in [3.63, 3.8) is 0 Å². The summed E-state index contributed by atoms with van der Waals surface area (Å²) >= 11 is 0. The highest BCUT2D eigenvalue weighted by atomic mass is 16.2. The normalized spacial score (nSPS) is 16.9. The minimum absolute atomic E-state index is 0.00913. The van der Waals surface area contributed by atoms with Gasteiger partial charge < -0.3 is 16.0 Å². The maximum Gasteiger partial charge on any atom is 0.239 e. The van der Waals surface area contributed by atoms with Gasteiger partial charge in [-0.3, -0.25) is 14.5 Å². The second-order valence-electron chi connectivity index (χ2n) is 6.62. The molecule has 0 spiro atoms. The van der Waals surface area contributed by atoms with Crippen LogP contribution in [0, 0.1) is 0 Å². The lowest BCUT2D eigenvalue weighted by Gasteiger charge is -2.35. The van der Waals surface area contributed by atoms with Crippen LogP contribution < -0.4 is 11.1 Å². The minimum atomic E-state index is -0.511. The molecule has 0 bridgehead atoms. The molecule has 1 unspecified atom stereocenters. The lowest BCUT2D eigenvalue weighted by atomic mass is 10.1. The summed E-state index contributed by atoms with van der Waals surface area (Å²) in [5.74, 6) is 0.0238. The molecule has 1 aromatic rings. The molecule has 1 atom stereocenters. The van der Waals surface area contributed by atoms with Gasteiger partial charge in [0, 0.05) is 32.2 Å². The molecule has 1 heterocycles. The van der Waals surface area contributed by atoms with Crippen molar-refractivity contribution < 1.29 is 9.59 Å². The first-order valence-corrected chi connectivity index (χ1v) is 8.55. The molecule has 2 rings (SSSR count). The standard InChI is InChI=1S/C18H28N4O2/c1-14(2)20-17(23)13-21-8-10-22(11-9-21)18(24)16(19)12-15-6-4-3-5-7-15/h3-7,14,16H,8-13,19H2,1-2H3,(H,20,23). The minimum Gasteiger partial charge on any atom is -0.353 e. The number of carbonyl (C=O) groups is 2. The van der Waals surface area contributed by atoms with Crippen LogP contribution in [0.4, 0.5) is 0 Å². The van der Waals surface area contributed by atoms with Crippen LogP contribution in [-0.4, -0.2) is 66.4 Å². The van der Waals surface area contributed by atoms with E-state index in [4.69, 9.17) is 5.73 Å². The van der Waals surface area contributed by atoms with Gasteiger partial charge >= 0.3 is 0 Å². The highest BCUT2D eigenvalue weighted by molar-refractivity contribution is 5.82. The first-order chi connectivity index (χ1) is 11.5. The van der Waals surface area contributed by atoms with Gasteiger partial charge in [-0.25, -0.2) is 0 Å². The number of nitrogens with two attached hydrogens (primary N) is 1. The van der Waals surface area contributed by atoms with E-state index in [1.165, 1.54) is 0 Å². The molecule has 1 saturated heterocycles. The van der Waals surface area contributed by atoms with Gasteiger partial charge in [0.15, 0.2) is 0 Å². The Labute approximate surface area is 144 Å². The Bertz CT molecular complexity index is 539. The summed E-state index contributed by atoms with van der Waals surface area (Å²) in [4.78, 5) is 28.2. The number of hydrogen-bond donors (Lipinski definition) is 2. The van der Waals surface area contributed by atoms with Gasteiger partial charge in [-0.15, -0.1) is 0 Å². The van der Waals surface area contributed by atoms with E-state index in [9.17, 15) is 9.59 Å². The van der Waals surface area contributed by atoms with Crippen molar-refractivity contribution in [3.8, 4) is 0 Å². The molecule has 2 amide bonds. The van der Waals surface area contributed by atoms with Gasteiger partial charge in [0.1, 0.15) is 0 Å². The zero-order valence-corrected chi connectivity index (χ0v) is 14.6. The summed E-state index contributed by atoms with van der Waals surface area (Å²) in [6.07, 6.45) is 0.552. The van der Waals surface area contributed by atoms with Crippen LogP contribution in [-0.2, 0) is 16.0 Å². The number of nitrogens with zero attached hydrogens (tertiary/aromatic N) is 2. The van der Waals surface area contributed by atoms with Gasteiger partial charge in [-0.1, -0.05) is 30.3 Å². The predicted molar refractivity (Wildman–Crippen MR) is 94.4 cm³/mol. The number of benzene rings is 1. The van der Waals surface area contributed by atoms with E-state index in [1.807, 2.05) is 49.1 Å². The van der Waals surface area contributed by atoms with Crippen molar-refractivity contribution in [2.24, 2.45) is 5.73 Å². The molecule has 3 N–H and O–H groups in total. The second-order valence-corrected chi connectivity index (χ2v) is 6.62. The van der Waals surface area contributed by atoms with Crippen LogP contribution in [0.1, 0.15) is 19.4 Å². The monoisotopic (exact) mass is 332 g/mol. The molecular formula is C18H28N4O2. The van der Waals surface area contributed by atoms with Crippen molar-refractivity contribution in [3.05, 3.63) is 35.9 Å². The third-order valence-electron chi connectivity index (χ3n) is 4.12. The van der Waals surface area contributed by atoms with Crippen LogP contribution in [0.25, 0.3) is 0 Å². The molecule has 132 valence electrons. The summed E-state index contributed by atoms with van der Waals surface area (Å²) in [7, 11) is 0. The Morgan fingerprint density at radius 3 is 2.33 bits per heavy atom. The molecule has 1 fully saturated rings. The summed E-state index contributed by atoms with van der Waals surface area (Å²) < 4.78 is 0. The van der Waals surface area contributed by atoms with E-state index in [-0.39, 0.29) is 17.9 Å². The molecule has 24 heavy (non-hydrogen) atoms. The summed E-state index contributed by atoms with van der Waals surface area (Å²) in [6.45, 7) is 6.93. The molecule has 0 radical (unpaired) electrons. The van der Waals surface area contributed by atoms with Crippen LogP contribution >= 0.6 is 0 Å². The zero-order valence-electron chi connectivity index (χ0n) is 14.6. The van der Waals surface area contributed by atoms with Gasteiger partial charge in [-0.2, -0.15) is 0 Å². The first-order valence-electron chi connectivity index (χ1n) is 8.55. The molecule has 0 aromatic heterocycles. The fourth-order valence-electron chi connectivity index (χ4n) is 2.89. The molecule has 6 nitrogen and oxygen atoms in total. The quantitative estimate of drug-likeness (QED) is 0.781. The van der Waals surface area contributed by atoms with Gasteiger partial charge in [0.25, 0.3) is 0 Å². The fourth-order valence-corrected chi connectivity index (χ4v) is 2.89. The predicted octanol–water partition coefficient (Wildman–Crippen LogP) is 0.225. The molecule has 0 aliphatic carbocycles. The Morgan fingerprint density at radius 1 is 1.12 bits per heavy atom. The number of piperazine rings is 1. The molecular weight excluding hydrogens is 304 g/mol. The third-order valence-corrected chi connectivity index (χ3v) is 4.12. The first kappa shape index (κ1) is 18.4. The smallest absolute Gasteiger partial charge is 0.239 e. The SMILES string of the molecule is CC(C)NC(=O)CN1CCN(C(=O)C(N)Cc2ccccc2)CC1. The maximum absolute atomic E-state index is 12.5. The second kappa shape index (κ2) is 8.80. The van der Waals surface area contributed by atoms with E-state index in [1.54, 1.807) is 0 Å². The largest absolute Gasteiger partial charge is 0.353 e. The molecule has 0 saturated carbocycles. The zero-order chi connectivity index (χ0) is 17.5. The number of nitrogens with one attached hydrogen (secondary N) is 1.